The number of nitrogens with zero attached hydrogens (tertiary/aromatic N) is 1. The predicted octanol–water partition coefficient (Wildman–Crippen LogP) is 0.109. The van der Waals surface area contributed by atoms with E-state index >= 15 is 0 Å². The highest BCUT2D eigenvalue weighted by Gasteiger charge is 2.64. The number of anilines is 1. The van der Waals surface area contributed by atoms with Crippen molar-refractivity contribution in [2.45, 2.75) is 37.8 Å². The Labute approximate surface area is 189 Å². The number of phenolic OH excluding ortho intramolecular Hbond substituents is 1. The van der Waals surface area contributed by atoms with E-state index in [2.05, 4.69) is 0 Å². The first-order chi connectivity index (χ1) is 15.4. The topological polar surface area (TPSA) is 187 Å². The largest absolute Gasteiger partial charge is 0.508 e. The number of amides is 1. The number of benzene rings is 1. The van der Waals surface area contributed by atoms with Gasteiger partial charge in [-0.15, -0.1) is 0 Å². The lowest BCUT2D eigenvalue weighted by atomic mass is 9.57. The van der Waals surface area contributed by atoms with Crippen LogP contribution >= 0.6 is 0 Å². The molecule has 0 unspecified atom stereocenters. The van der Waals surface area contributed by atoms with E-state index < -0.39 is 58.0 Å². The first kappa shape index (κ1) is 22.8. The fourth-order valence-electron chi connectivity index (χ4n) is 5.73. The van der Waals surface area contributed by atoms with Crippen molar-refractivity contribution < 1.29 is 34.8 Å². The van der Waals surface area contributed by atoms with Gasteiger partial charge >= 0.3 is 0 Å². The number of Topliss-reactive ketones (excluding diaryl/α,β-unsaturated/α-hetero) is 2. The smallest absolute Gasteiger partial charge is 0.255 e. The van der Waals surface area contributed by atoms with Crippen LogP contribution in [0.2, 0.25) is 0 Å². The molecule has 1 saturated carbocycles. The number of hydrogen-bond donors (Lipinski definition) is 6. The van der Waals surface area contributed by atoms with E-state index in [-0.39, 0.29) is 35.4 Å². The summed E-state index contributed by atoms with van der Waals surface area (Å²) in [6.07, 6.45) is 0.874. The number of carbonyl (C=O) groups is 3. The number of aromatic hydroxyl groups is 1. The molecule has 0 heterocycles. The van der Waals surface area contributed by atoms with Gasteiger partial charge in [0.25, 0.3) is 5.91 Å². The molecule has 3 aliphatic carbocycles. The van der Waals surface area contributed by atoms with Crippen molar-refractivity contribution in [1.82, 2.24) is 4.90 Å². The Morgan fingerprint density at radius 3 is 2.42 bits per heavy atom. The van der Waals surface area contributed by atoms with Gasteiger partial charge in [-0.3, -0.25) is 19.3 Å². The summed E-state index contributed by atoms with van der Waals surface area (Å²) in [5, 5.41) is 44.0. The van der Waals surface area contributed by atoms with Gasteiger partial charge in [-0.25, -0.2) is 0 Å². The number of nitrogens with two attached hydrogens (primary N) is 2. The molecule has 1 fully saturated rings. The lowest BCUT2D eigenvalue weighted by Crippen LogP contribution is -2.65. The van der Waals surface area contributed by atoms with Gasteiger partial charge in [0.05, 0.1) is 17.3 Å². The minimum absolute atomic E-state index is 0.0168. The van der Waals surface area contributed by atoms with Crippen LogP contribution in [-0.4, -0.2) is 68.5 Å². The zero-order chi connectivity index (χ0) is 24.6. The molecule has 0 radical (unpaired) electrons. The van der Waals surface area contributed by atoms with Gasteiger partial charge in [0.1, 0.15) is 22.8 Å². The predicted molar refractivity (Wildman–Crippen MR) is 118 cm³/mol. The highest BCUT2D eigenvalue weighted by atomic mass is 16.3. The van der Waals surface area contributed by atoms with Crippen molar-refractivity contribution in [2.75, 3.05) is 19.8 Å². The fraction of sp³-hybridized carbons (Fsp3) is 0.435. The summed E-state index contributed by atoms with van der Waals surface area (Å²) in [4.78, 5) is 40.2. The van der Waals surface area contributed by atoms with Crippen LogP contribution in [0.3, 0.4) is 0 Å². The van der Waals surface area contributed by atoms with Gasteiger partial charge < -0.3 is 31.9 Å². The number of hydrogen-bond acceptors (Lipinski definition) is 9. The van der Waals surface area contributed by atoms with Crippen LogP contribution < -0.4 is 11.5 Å². The Hall–Kier alpha value is -3.37. The zero-order valence-corrected chi connectivity index (χ0v) is 18.5. The van der Waals surface area contributed by atoms with Gasteiger partial charge in [-0.2, -0.15) is 0 Å². The van der Waals surface area contributed by atoms with Crippen LogP contribution in [-0.2, 0) is 27.2 Å². The molecular weight excluding hydrogens is 430 g/mol. The summed E-state index contributed by atoms with van der Waals surface area (Å²) in [6, 6.07) is 0.515. The lowest BCUT2D eigenvalue weighted by Gasteiger charge is -2.50. The highest BCUT2D eigenvalue weighted by molar-refractivity contribution is 6.24. The quantitative estimate of drug-likeness (QED) is 0.208. The third kappa shape index (κ3) is 2.83. The first-order valence-corrected chi connectivity index (χ1v) is 10.7. The summed E-state index contributed by atoms with van der Waals surface area (Å²) >= 11 is 0. The maximum atomic E-state index is 13.7. The molecule has 0 bridgehead atoms. The van der Waals surface area contributed by atoms with E-state index in [1.54, 1.807) is 20.2 Å². The van der Waals surface area contributed by atoms with Gasteiger partial charge in [0.2, 0.25) is 5.78 Å². The number of rotatable bonds is 3. The summed E-state index contributed by atoms with van der Waals surface area (Å²) in [6.45, 7) is 1.89. The summed E-state index contributed by atoms with van der Waals surface area (Å²) in [5.41, 5.74) is 9.01. The van der Waals surface area contributed by atoms with Crippen LogP contribution in [0.25, 0.3) is 5.76 Å². The number of likely N-dealkylation sites (N-methyl/N-ethyl adjacent to an activating group) is 1. The number of aliphatic hydroxyl groups is 3. The van der Waals surface area contributed by atoms with Crippen LogP contribution in [0.15, 0.2) is 23.0 Å². The second-order valence-corrected chi connectivity index (χ2v) is 9.14. The third-order valence-corrected chi connectivity index (χ3v) is 7.22. The number of phenols is 1. The molecule has 0 spiro atoms. The third-order valence-electron chi connectivity index (χ3n) is 7.22. The van der Waals surface area contributed by atoms with Gasteiger partial charge in [-0.05, 0) is 56.5 Å². The molecule has 4 rings (SSSR count). The molecule has 33 heavy (non-hydrogen) atoms. The van der Waals surface area contributed by atoms with Crippen molar-refractivity contribution in [2.24, 2.45) is 17.6 Å². The average molecular weight is 457 g/mol. The number of primary amides is 1. The van der Waals surface area contributed by atoms with Gasteiger partial charge in [0, 0.05) is 11.5 Å². The van der Waals surface area contributed by atoms with Crippen molar-refractivity contribution in [3.8, 4) is 5.75 Å². The minimum Gasteiger partial charge on any atom is -0.508 e. The average Bonchev–Trinajstić information content (AvgIpc) is 2.72. The van der Waals surface area contributed by atoms with Crippen LogP contribution in [0, 0.1) is 11.8 Å². The van der Waals surface area contributed by atoms with E-state index in [9.17, 15) is 34.8 Å². The molecule has 4 atom stereocenters. The Morgan fingerprint density at radius 1 is 1.24 bits per heavy atom. The molecular formula is C23H27N3O7. The maximum Gasteiger partial charge on any atom is 0.255 e. The standard InChI is InChI=1S/C23H27N3O7/c1-4-8-7-12(24)17(27)14-10(8)5-9-6-11-16(26(2)3)19(29)15(22(25)32)21(31)23(11,33)20(30)13(9)18(14)28/h7,9,11,16,27-28,31,33H,4-6,24H2,1-3H3,(H2,25,32)/t9-,11-,16-,23-/m1/s1. The summed E-state index contributed by atoms with van der Waals surface area (Å²) in [5.74, 6) is -6.80. The van der Waals surface area contributed by atoms with Gasteiger partial charge in [0.15, 0.2) is 11.4 Å². The molecule has 10 nitrogen and oxygen atoms in total. The molecule has 1 amide bonds. The Balaban J connectivity index is 2.00. The van der Waals surface area contributed by atoms with E-state index in [4.69, 9.17) is 11.5 Å². The van der Waals surface area contributed by atoms with E-state index in [1.807, 2.05) is 6.92 Å². The van der Waals surface area contributed by atoms with Crippen molar-refractivity contribution in [1.29, 1.82) is 0 Å². The number of nitrogen functional groups attached to an aromatic ring is 1. The lowest BCUT2D eigenvalue weighted by molar-refractivity contribution is -0.153. The monoisotopic (exact) mass is 457 g/mol. The minimum atomic E-state index is -2.64. The molecule has 0 aliphatic heterocycles. The summed E-state index contributed by atoms with van der Waals surface area (Å²) in [7, 11) is 3.12. The molecule has 0 aromatic heterocycles. The Kier molecular flexibility index (Phi) is 5.06. The number of aryl methyl sites for hydroxylation is 1. The van der Waals surface area contributed by atoms with Crippen molar-refractivity contribution in [3.63, 3.8) is 0 Å². The normalized spacial score (nSPS) is 29.2. The number of aliphatic hydroxyl groups excluding tert-OH is 2. The van der Waals surface area contributed by atoms with Crippen LogP contribution in [0.5, 0.6) is 5.75 Å². The van der Waals surface area contributed by atoms with Crippen molar-refractivity contribution in [3.05, 3.63) is 39.7 Å². The maximum absolute atomic E-state index is 13.7. The highest BCUT2D eigenvalue weighted by Crippen LogP contribution is 2.53. The van der Waals surface area contributed by atoms with E-state index in [0.717, 1.165) is 5.56 Å². The molecule has 176 valence electrons. The second-order valence-electron chi connectivity index (χ2n) is 9.14. The molecule has 8 N–H and O–H groups in total. The Bertz CT molecular complexity index is 1180. The number of carbonyl (C=O) groups excluding carboxylic acids is 3. The van der Waals surface area contributed by atoms with Gasteiger partial charge in [-0.1, -0.05) is 6.92 Å². The van der Waals surface area contributed by atoms with E-state index in [0.29, 0.717) is 12.0 Å². The first-order valence-electron chi connectivity index (χ1n) is 10.7. The Morgan fingerprint density at radius 2 is 1.88 bits per heavy atom. The molecule has 1 aromatic carbocycles. The number of ketones is 2. The van der Waals surface area contributed by atoms with Crippen LogP contribution in [0.1, 0.15) is 30.0 Å². The molecule has 0 saturated heterocycles. The molecule has 1 aromatic rings. The molecule has 3 aliphatic rings. The number of fused-ring (bicyclic) bond motifs is 3. The molecule has 10 heteroatoms. The SMILES string of the molecule is CCc1cc(N)c(O)c2c1C[C@@H]1C[C@@H]3[C@@H](N(C)C)C(=O)C(C(N)=O)=C(O)[C@]3(O)C(=O)C1=C2O. The summed E-state index contributed by atoms with van der Waals surface area (Å²) < 4.78 is 0. The van der Waals surface area contributed by atoms with Crippen LogP contribution in [0.4, 0.5) is 5.69 Å². The fourth-order valence-corrected chi connectivity index (χ4v) is 5.73. The zero-order valence-electron chi connectivity index (χ0n) is 18.5. The van der Waals surface area contributed by atoms with E-state index in [1.165, 1.54) is 4.90 Å². The second kappa shape index (κ2) is 7.32. The van der Waals surface area contributed by atoms with Crippen molar-refractivity contribution >= 4 is 28.9 Å².